The van der Waals surface area contributed by atoms with Crippen LogP contribution >= 0.6 is 0 Å². The molecule has 0 fully saturated rings. The number of fused-ring (bicyclic) bond motifs is 1. The van der Waals surface area contributed by atoms with Crippen LogP contribution in [0, 0.1) is 6.92 Å². The maximum absolute atomic E-state index is 12.6. The number of anilines is 1. The number of hydrogen-bond donors (Lipinski definition) is 2. The topological polar surface area (TPSA) is 65.2 Å². The molecule has 0 atom stereocenters. The maximum atomic E-state index is 12.6. The Hall–Kier alpha value is -3.08. The van der Waals surface area contributed by atoms with Gasteiger partial charge in [0.05, 0.1) is 5.56 Å². The minimum Gasteiger partial charge on any atom is -0.375 e. The predicted molar refractivity (Wildman–Crippen MR) is 109 cm³/mol. The fourth-order valence-corrected chi connectivity index (χ4v) is 3.25. The SMILES string of the molecule is Cc1[nH]c2ccccc2c1C(=O)C(=O)NCCCCN(C)c1ccccc1. The van der Waals surface area contributed by atoms with E-state index < -0.39 is 11.7 Å². The lowest BCUT2D eigenvalue weighted by Crippen LogP contribution is -2.32. The average molecular weight is 363 g/mol. The molecular formula is C22H25N3O2. The van der Waals surface area contributed by atoms with Crippen molar-refractivity contribution in [2.75, 3.05) is 25.0 Å². The summed E-state index contributed by atoms with van der Waals surface area (Å²) in [5, 5.41) is 3.55. The summed E-state index contributed by atoms with van der Waals surface area (Å²) < 4.78 is 0. The van der Waals surface area contributed by atoms with Crippen molar-refractivity contribution in [1.29, 1.82) is 0 Å². The fourth-order valence-electron chi connectivity index (χ4n) is 3.25. The van der Waals surface area contributed by atoms with Crippen LogP contribution < -0.4 is 10.2 Å². The van der Waals surface area contributed by atoms with E-state index >= 15 is 0 Å². The summed E-state index contributed by atoms with van der Waals surface area (Å²) in [5.41, 5.74) is 3.23. The Balaban J connectivity index is 1.48. The second kappa shape index (κ2) is 8.54. The van der Waals surface area contributed by atoms with Crippen molar-refractivity contribution in [2.24, 2.45) is 0 Å². The number of rotatable bonds is 8. The van der Waals surface area contributed by atoms with Gasteiger partial charge >= 0.3 is 0 Å². The van der Waals surface area contributed by atoms with Gasteiger partial charge in [-0.1, -0.05) is 36.4 Å². The van der Waals surface area contributed by atoms with E-state index in [1.807, 2.05) is 49.4 Å². The molecule has 0 spiro atoms. The molecule has 0 radical (unpaired) electrons. The van der Waals surface area contributed by atoms with Crippen molar-refractivity contribution in [3.8, 4) is 0 Å². The minimum atomic E-state index is -0.542. The monoisotopic (exact) mass is 363 g/mol. The summed E-state index contributed by atoms with van der Waals surface area (Å²) in [6.07, 6.45) is 1.76. The Labute approximate surface area is 159 Å². The van der Waals surface area contributed by atoms with Crippen molar-refractivity contribution in [1.82, 2.24) is 10.3 Å². The minimum absolute atomic E-state index is 0.465. The molecular weight excluding hydrogens is 338 g/mol. The van der Waals surface area contributed by atoms with E-state index in [9.17, 15) is 9.59 Å². The van der Waals surface area contributed by atoms with Gasteiger partial charge in [-0.2, -0.15) is 0 Å². The van der Waals surface area contributed by atoms with Gasteiger partial charge in [0.25, 0.3) is 11.7 Å². The predicted octanol–water partition coefficient (Wildman–Crippen LogP) is 3.69. The zero-order valence-electron chi connectivity index (χ0n) is 15.8. The summed E-state index contributed by atoms with van der Waals surface area (Å²) >= 11 is 0. The second-order valence-corrected chi connectivity index (χ2v) is 6.72. The van der Waals surface area contributed by atoms with Crippen LogP contribution in [0.25, 0.3) is 10.9 Å². The third-order valence-electron chi connectivity index (χ3n) is 4.73. The highest BCUT2D eigenvalue weighted by atomic mass is 16.2. The quantitative estimate of drug-likeness (QED) is 0.364. The van der Waals surface area contributed by atoms with E-state index in [0.717, 1.165) is 36.0 Å². The molecule has 0 aliphatic carbocycles. The number of unbranched alkanes of at least 4 members (excludes halogenated alkanes) is 1. The Kier molecular flexibility index (Phi) is 5.91. The molecule has 1 aromatic heterocycles. The molecule has 2 N–H and O–H groups in total. The average Bonchev–Trinajstić information content (AvgIpc) is 3.03. The van der Waals surface area contributed by atoms with E-state index in [4.69, 9.17) is 0 Å². The summed E-state index contributed by atoms with van der Waals surface area (Å²) in [7, 11) is 2.05. The highest BCUT2D eigenvalue weighted by molar-refractivity contribution is 6.45. The van der Waals surface area contributed by atoms with Crippen LogP contribution in [-0.4, -0.2) is 36.8 Å². The van der Waals surface area contributed by atoms with Crippen molar-refractivity contribution >= 4 is 28.3 Å². The molecule has 0 saturated carbocycles. The number of nitrogens with zero attached hydrogens (tertiary/aromatic N) is 1. The van der Waals surface area contributed by atoms with Crippen LogP contribution in [0.5, 0.6) is 0 Å². The van der Waals surface area contributed by atoms with Crippen molar-refractivity contribution < 1.29 is 9.59 Å². The van der Waals surface area contributed by atoms with Gasteiger partial charge < -0.3 is 15.2 Å². The van der Waals surface area contributed by atoms with Crippen LogP contribution in [0.15, 0.2) is 54.6 Å². The number of amides is 1. The van der Waals surface area contributed by atoms with Gasteiger partial charge in [0.15, 0.2) is 0 Å². The van der Waals surface area contributed by atoms with Crippen LogP contribution in [-0.2, 0) is 4.79 Å². The van der Waals surface area contributed by atoms with Crippen LogP contribution in [0.1, 0.15) is 28.9 Å². The number of hydrogen-bond acceptors (Lipinski definition) is 3. The number of aryl methyl sites for hydroxylation is 1. The number of nitrogens with one attached hydrogen (secondary N) is 2. The van der Waals surface area contributed by atoms with Crippen molar-refractivity contribution in [2.45, 2.75) is 19.8 Å². The highest BCUT2D eigenvalue weighted by Crippen LogP contribution is 2.22. The zero-order chi connectivity index (χ0) is 19.2. The molecule has 1 heterocycles. The summed E-state index contributed by atoms with van der Waals surface area (Å²) in [6, 6.07) is 17.7. The van der Waals surface area contributed by atoms with E-state index in [-0.39, 0.29) is 0 Å². The molecule has 0 saturated heterocycles. The highest BCUT2D eigenvalue weighted by Gasteiger charge is 2.22. The standard InChI is InChI=1S/C22H25N3O2/c1-16-20(18-12-6-7-13-19(18)24-16)21(26)22(27)23-14-8-9-15-25(2)17-10-4-3-5-11-17/h3-7,10-13,24H,8-9,14-15H2,1-2H3,(H,23,27). The number of aromatic nitrogens is 1. The molecule has 140 valence electrons. The van der Waals surface area contributed by atoms with Crippen LogP contribution in [0.2, 0.25) is 0 Å². The van der Waals surface area contributed by atoms with Gasteiger partial charge in [-0.05, 0) is 38.0 Å². The molecule has 5 nitrogen and oxygen atoms in total. The molecule has 5 heteroatoms. The smallest absolute Gasteiger partial charge is 0.292 e. The van der Waals surface area contributed by atoms with Gasteiger partial charge in [-0.15, -0.1) is 0 Å². The molecule has 3 rings (SSSR count). The second-order valence-electron chi connectivity index (χ2n) is 6.72. The molecule has 27 heavy (non-hydrogen) atoms. The number of carbonyl (C=O) groups excluding carboxylic acids is 2. The molecule has 0 bridgehead atoms. The van der Waals surface area contributed by atoms with E-state index in [2.05, 4.69) is 34.4 Å². The lowest BCUT2D eigenvalue weighted by atomic mass is 10.1. The maximum Gasteiger partial charge on any atom is 0.292 e. The Morgan fingerprint density at radius 2 is 1.70 bits per heavy atom. The van der Waals surface area contributed by atoms with Gasteiger partial charge in [0.1, 0.15) is 0 Å². The summed E-state index contributed by atoms with van der Waals surface area (Å²) in [4.78, 5) is 30.2. The number of benzene rings is 2. The number of aromatic amines is 1. The fraction of sp³-hybridized carbons (Fsp3) is 0.273. The first-order chi connectivity index (χ1) is 13.1. The number of Topliss-reactive ketones (excluding diaryl/α,β-unsaturated/α-hetero) is 1. The first-order valence-electron chi connectivity index (χ1n) is 9.24. The normalized spacial score (nSPS) is 10.7. The van der Waals surface area contributed by atoms with Crippen LogP contribution in [0.3, 0.4) is 0 Å². The Bertz CT molecular complexity index is 931. The summed E-state index contributed by atoms with van der Waals surface area (Å²) in [6.45, 7) is 3.21. The Morgan fingerprint density at radius 1 is 1.00 bits per heavy atom. The molecule has 0 aliphatic rings. The molecule has 0 aliphatic heterocycles. The van der Waals surface area contributed by atoms with Crippen LogP contribution in [0.4, 0.5) is 5.69 Å². The summed E-state index contributed by atoms with van der Waals surface area (Å²) in [5.74, 6) is -1.02. The van der Waals surface area contributed by atoms with E-state index in [0.29, 0.717) is 12.1 Å². The number of carbonyl (C=O) groups is 2. The molecule has 2 aromatic carbocycles. The molecule has 1 amide bonds. The lowest BCUT2D eigenvalue weighted by Gasteiger charge is -2.19. The third kappa shape index (κ3) is 4.37. The van der Waals surface area contributed by atoms with Gasteiger partial charge in [0, 0.05) is 42.4 Å². The third-order valence-corrected chi connectivity index (χ3v) is 4.73. The van der Waals surface area contributed by atoms with Gasteiger partial charge in [-0.25, -0.2) is 0 Å². The van der Waals surface area contributed by atoms with E-state index in [1.54, 1.807) is 0 Å². The first kappa shape index (κ1) is 18.7. The first-order valence-corrected chi connectivity index (χ1v) is 9.24. The number of H-pyrrole nitrogens is 1. The Morgan fingerprint density at radius 3 is 2.48 bits per heavy atom. The van der Waals surface area contributed by atoms with Crippen molar-refractivity contribution in [3.63, 3.8) is 0 Å². The zero-order valence-corrected chi connectivity index (χ0v) is 15.8. The largest absolute Gasteiger partial charge is 0.375 e. The number of para-hydroxylation sites is 2. The molecule has 3 aromatic rings. The lowest BCUT2D eigenvalue weighted by molar-refractivity contribution is -0.117. The van der Waals surface area contributed by atoms with Crippen molar-refractivity contribution in [3.05, 3.63) is 65.9 Å². The number of ketones is 1. The molecule has 0 unspecified atom stereocenters. The van der Waals surface area contributed by atoms with E-state index in [1.165, 1.54) is 5.69 Å². The van der Waals surface area contributed by atoms with Gasteiger partial charge in [-0.3, -0.25) is 9.59 Å². The van der Waals surface area contributed by atoms with Gasteiger partial charge in [0.2, 0.25) is 0 Å².